The second-order valence-corrected chi connectivity index (χ2v) is 12.3. The van der Waals surface area contributed by atoms with E-state index < -0.39 is 28.4 Å². The number of pyridine rings is 2. The van der Waals surface area contributed by atoms with E-state index in [1.54, 1.807) is 19.1 Å². The molecule has 14 heteroatoms. The van der Waals surface area contributed by atoms with Crippen LogP contribution in [0.25, 0.3) is 44.6 Å². The molecule has 0 unspecified atom stereocenters. The second kappa shape index (κ2) is 17.1. The third kappa shape index (κ3) is 8.00. The Hall–Kier alpha value is -7.87. The number of benzene rings is 4. The molecule has 4 heterocycles. The summed E-state index contributed by atoms with van der Waals surface area (Å²) in [6, 6.07) is 38.3. The molecule has 0 saturated carbocycles. The average Bonchev–Trinajstić information content (AvgIpc) is 3.25. The molecule has 0 aliphatic rings. The topological polar surface area (TPSA) is 181 Å². The quantitative estimate of drug-likeness (QED) is 0.161. The van der Waals surface area contributed by atoms with Gasteiger partial charge in [-0.3, -0.25) is 9.59 Å². The number of nitrogens with zero attached hydrogens (tertiary/aromatic N) is 6. The van der Waals surface area contributed by atoms with Gasteiger partial charge in [0.25, 0.3) is 5.56 Å². The van der Waals surface area contributed by atoms with Crippen molar-refractivity contribution in [3.63, 3.8) is 0 Å². The number of aromatic hydroxyl groups is 2. The van der Waals surface area contributed by atoms with Gasteiger partial charge in [-0.15, -0.1) is 9.46 Å². The zero-order chi connectivity index (χ0) is 39.7. The fourth-order valence-electron chi connectivity index (χ4n) is 5.98. The van der Waals surface area contributed by atoms with Gasteiger partial charge in [0.05, 0.1) is 28.8 Å². The lowest BCUT2D eigenvalue weighted by atomic mass is 10.1. The summed E-state index contributed by atoms with van der Waals surface area (Å²) in [6.07, 6.45) is 2.63. The predicted octanol–water partition coefficient (Wildman–Crippen LogP) is 5.76. The first kappa shape index (κ1) is 37.4. The molecule has 8 rings (SSSR count). The third-order valence-corrected chi connectivity index (χ3v) is 8.61. The summed E-state index contributed by atoms with van der Waals surface area (Å²) in [5, 5.41) is 21.8. The van der Waals surface area contributed by atoms with Crippen molar-refractivity contribution >= 4 is 28.0 Å². The maximum atomic E-state index is 13.1. The fourth-order valence-corrected chi connectivity index (χ4v) is 5.98. The number of aromatic nitrogens is 6. The van der Waals surface area contributed by atoms with Crippen LogP contribution in [0.4, 0.5) is 0 Å². The van der Waals surface area contributed by atoms with Gasteiger partial charge in [-0.1, -0.05) is 121 Å². The molecule has 0 amide bonds. The maximum absolute atomic E-state index is 13.1. The van der Waals surface area contributed by atoms with Crippen LogP contribution >= 0.6 is 0 Å². The highest BCUT2D eigenvalue weighted by Gasteiger charge is 2.27. The van der Waals surface area contributed by atoms with Crippen LogP contribution in [-0.4, -0.2) is 52.2 Å². The van der Waals surface area contributed by atoms with Gasteiger partial charge in [0.2, 0.25) is 0 Å². The van der Waals surface area contributed by atoms with E-state index >= 15 is 0 Å². The molecule has 8 aromatic rings. The molecule has 0 fully saturated rings. The predicted molar refractivity (Wildman–Crippen MR) is 211 cm³/mol. The first-order valence-corrected chi connectivity index (χ1v) is 17.7. The minimum absolute atomic E-state index is 0.0391. The number of hydrogen-bond donors (Lipinski definition) is 2. The highest BCUT2D eigenvalue weighted by Crippen LogP contribution is 2.34. The van der Waals surface area contributed by atoms with Crippen LogP contribution in [0.5, 0.6) is 11.5 Å². The van der Waals surface area contributed by atoms with Crippen molar-refractivity contribution < 1.29 is 29.4 Å². The molecule has 284 valence electrons. The summed E-state index contributed by atoms with van der Waals surface area (Å²) in [5.74, 6) is -1.67. The SMILES string of the molecule is CCOC(=O)c1c(O)c2c(-c3ccccc3)ncnc2n(OCc2ccccc2)c1=O.O=c1cc(O)c2c(-c3ccccc3)ncnc2n1OCc1ccccc1. The van der Waals surface area contributed by atoms with E-state index in [2.05, 4.69) is 19.9 Å². The molecule has 14 nitrogen and oxygen atoms in total. The number of hydrogen-bond acceptors (Lipinski definition) is 12. The molecule has 0 aliphatic carbocycles. The minimum Gasteiger partial charge on any atom is -0.507 e. The molecule has 57 heavy (non-hydrogen) atoms. The van der Waals surface area contributed by atoms with Gasteiger partial charge < -0.3 is 24.6 Å². The van der Waals surface area contributed by atoms with Gasteiger partial charge in [0.1, 0.15) is 37.4 Å². The van der Waals surface area contributed by atoms with E-state index in [1.807, 2.05) is 109 Å². The largest absolute Gasteiger partial charge is 0.507 e. The van der Waals surface area contributed by atoms with Crippen LogP contribution in [0.3, 0.4) is 0 Å². The first-order valence-electron chi connectivity index (χ1n) is 17.7. The number of rotatable bonds is 10. The van der Waals surface area contributed by atoms with Gasteiger partial charge >= 0.3 is 11.5 Å². The van der Waals surface area contributed by atoms with Crippen molar-refractivity contribution in [3.05, 3.63) is 177 Å². The Morgan fingerprint density at radius 1 is 0.614 bits per heavy atom. The zero-order valence-electron chi connectivity index (χ0n) is 30.4. The van der Waals surface area contributed by atoms with Crippen molar-refractivity contribution in [2.45, 2.75) is 20.1 Å². The molecule has 0 spiro atoms. The summed E-state index contributed by atoms with van der Waals surface area (Å²) < 4.78 is 6.99. The van der Waals surface area contributed by atoms with Crippen molar-refractivity contribution in [3.8, 4) is 34.0 Å². The Bertz CT molecular complexity index is 2780. The Kier molecular flexibility index (Phi) is 11.2. The fraction of sp³-hybridized carbons (Fsp3) is 0.0930. The smallest absolute Gasteiger partial charge is 0.347 e. The van der Waals surface area contributed by atoms with Crippen molar-refractivity contribution in [1.82, 2.24) is 29.4 Å². The molecule has 0 aliphatic heterocycles. The van der Waals surface area contributed by atoms with Gasteiger partial charge in [-0.2, -0.15) is 0 Å². The number of carbonyl (C=O) groups is 1. The van der Waals surface area contributed by atoms with E-state index in [0.717, 1.165) is 32.2 Å². The van der Waals surface area contributed by atoms with E-state index in [-0.39, 0.29) is 42.3 Å². The molecule has 2 N–H and O–H groups in total. The third-order valence-electron chi connectivity index (χ3n) is 8.61. The first-order chi connectivity index (χ1) is 27.9. The molecular formula is C43H34N6O8. The zero-order valence-corrected chi connectivity index (χ0v) is 30.4. The van der Waals surface area contributed by atoms with Gasteiger partial charge in [0.15, 0.2) is 16.9 Å². The molecule has 0 saturated heterocycles. The standard InChI is InChI=1S/C23H19N3O5.C20H15N3O3/c1-2-30-23(29)18-20(27)17-19(16-11-7-4-8-12-16)24-14-25-21(17)26(22(18)28)31-13-15-9-5-3-6-10-15;24-16-11-17(25)23(26-12-14-7-3-1-4-8-14)20-18(16)19(21-13-22-20)15-9-5-2-6-10-15/h3-12,14,27H,2,13H2,1H3;1-11,13,24H,12H2. The molecule has 4 aromatic carbocycles. The Labute approximate surface area is 324 Å². The van der Waals surface area contributed by atoms with Crippen LogP contribution < -0.4 is 20.8 Å². The van der Waals surface area contributed by atoms with Crippen LogP contribution in [0, 0.1) is 0 Å². The van der Waals surface area contributed by atoms with Crippen LogP contribution in [0.15, 0.2) is 150 Å². The van der Waals surface area contributed by atoms with Gasteiger partial charge in [-0.05, 0) is 18.1 Å². The monoisotopic (exact) mass is 762 g/mol. The summed E-state index contributed by atoms with van der Waals surface area (Å²) in [6.45, 7) is 1.90. The van der Waals surface area contributed by atoms with Gasteiger partial charge in [-0.25, -0.2) is 24.7 Å². The van der Waals surface area contributed by atoms with Crippen LogP contribution in [0.2, 0.25) is 0 Å². The maximum Gasteiger partial charge on any atom is 0.347 e. The average molecular weight is 763 g/mol. The molecule has 0 radical (unpaired) electrons. The van der Waals surface area contributed by atoms with E-state index in [1.165, 1.54) is 12.7 Å². The summed E-state index contributed by atoms with van der Waals surface area (Å²) in [4.78, 5) is 66.3. The normalized spacial score (nSPS) is 10.8. The van der Waals surface area contributed by atoms with E-state index in [4.69, 9.17) is 14.4 Å². The number of esters is 1. The number of ether oxygens (including phenoxy) is 1. The summed E-state index contributed by atoms with van der Waals surface area (Å²) >= 11 is 0. The minimum atomic E-state index is -0.952. The van der Waals surface area contributed by atoms with Gasteiger partial charge in [0, 0.05) is 17.2 Å². The van der Waals surface area contributed by atoms with Crippen molar-refractivity contribution in [2.75, 3.05) is 6.61 Å². The lowest BCUT2D eigenvalue weighted by Gasteiger charge is -2.16. The highest BCUT2D eigenvalue weighted by atomic mass is 16.7. The highest BCUT2D eigenvalue weighted by molar-refractivity contribution is 6.03. The van der Waals surface area contributed by atoms with Crippen LogP contribution in [-0.2, 0) is 18.0 Å². The van der Waals surface area contributed by atoms with E-state index in [9.17, 15) is 24.6 Å². The lowest BCUT2D eigenvalue weighted by molar-refractivity contribution is 0.0507. The lowest BCUT2D eigenvalue weighted by Crippen LogP contribution is -2.33. The Morgan fingerprint density at radius 3 is 1.58 bits per heavy atom. The summed E-state index contributed by atoms with van der Waals surface area (Å²) in [5.41, 5.74) is 2.46. The molecular weight excluding hydrogens is 729 g/mol. The number of carbonyl (C=O) groups excluding carboxylic acids is 1. The van der Waals surface area contributed by atoms with Crippen molar-refractivity contribution in [1.29, 1.82) is 0 Å². The molecule has 0 atom stereocenters. The molecule has 4 aromatic heterocycles. The molecule has 0 bridgehead atoms. The Balaban J connectivity index is 0.000000177. The Morgan fingerprint density at radius 2 is 1.07 bits per heavy atom. The number of fused-ring (bicyclic) bond motifs is 2. The van der Waals surface area contributed by atoms with Crippen LogP contribution in [0.1, 0.15) is 28.4 Å². The van der Waals surface area contributed by atoms with E-state index in [0.29, 0.717) is 22.3 Å². The summed E-state index contributed by atoms with van der Waals surface area (Å²) in [7, 11) is 0. The van der Waals surface area contributed by atoms with Crippen molar-refractivity contribution in [2.24, 2.45) is 0 Å². The second-order valence-electron chi connectivity index (χ2n) is 12.3.